The van der Waals surface area contributed by atoms with Crippen molar-refractivity contribution < 1.29 is 9.18 Å². The molecule has 0 bridgehead atoms. The Morgan fingerprint density at radius 2 is 1.89 bits per heavy atom. The van der Waals surface area contributed by atoms with E-state index in [1.807, 2.05) is 31.2 Å². The summed E-state index contributed by atoms with van der Waals surface area (Å²) in [6.07, 6.45) is 0.524. The molecule has 3 rings (SSSR count). The van der Waals surface area contributed by atoms with Gasteiger partial charge in [0.05, 0.1) is 11.7 Å². The lowest BCUT2D eigenvalue weighted by Crippen LogP contribution is -2.27. The van der Waals surface area contributed by atoms with Crippen LogP contribution in [-0.4, -0.2) is 15.7 Å². The number of aryl methyl sites for hydroxylation is 1. The maximum absolute atomic E-state index is 13.1. The second-order valence-corrected chi connectivity index (χ2v) is 7.50. The van der Waals surface area contributed by atoms with E-state index in [1.54, 1.807) is 6.92 Å². The average molecular weight is 446 g/mol. The molecule has 0 aliphatic heterocycles. The van der Waals surface area contributed by atoms with Crippen molar-refractivity contribution in [3.63, 3.8) is 0 Å². The van der Waals surface area contributed by atoms with Crippen molar-refractivity contribution in [2.75, 3.05) is 0 Å². The molecule has 0 spiro atoms. The Hall–Kier alpha value is -2.67. The van der Waals surface area contributed by atoms with E-state index in [0.29, 0.717) is 23.4 Å². The lowest BCUT2D eigenvalue weighted by molar-refractivity contribution is -0.121. The average Bonchev–Trinajstić information content (AvgIpc) is 2.95. The maximum atomic E-state index is 13.1. The first-order valence-electron chi connectivity index (χ1n) is 8.97. The summed E-state index contributed by atoms with van der Waals surface area (Å²) in [5.41, 5.74) is 2.56. The van der Waals surface area contributed by atoms with Gasteiger partial charge in [-0.1, -0.05) is 34.1 Å². The minimum atomic E-state index is -0.365. The van der Waals surface area contributed by atoms with Crippen LogP contribution >= 0.6 is 15.9 Å². The van der Waals surface area contributed by atoms with Gasteiger partial charge in [-0.15, -0.1) is 0 Å². The van der Waals surface area contributed by atoms with Crippen molar-refractivity contribution in [3.8, 4) is 5.69 Å². The fraction of sp³-hybridized carbons (Fsp3) is 0.238. The van der Waals surface area contributed by atoms with Crippen LogP contribution in [0.15, 0.2) is 57.8 Å². The van der Waals surface area contributed by atoms with Crippen LogP contribution in [0.4, 0.5) is 4.39 Å². The molecule has 146 valence electrons. The lowest BCUT2D eigenvalue weighted by Gasteiger charge is -2.15. The molecule has 0 aliphatic rings. The third-order valence-electron chi connectivity index (χ3n) is 4.63. The van der Waals surface area contributed by atoms with E-state index in [-0.39, 0.29) is 29.7 Å². The molecule has 7 heteroatoms. The van der Waals surface area contributed by atoms with E-state index in [1.165, 1.54) is 28.9 Å². The number of hydrogen-bond donors (Lipinski definition) is 2. The van der Waals surface area contributed by atoms with Gasteiger partial charge in [0.2, 0.25) is 5.91 Å². The molecule has 1 heterocycles. The molecule has 3 aromatic rings. The molecule has 0 unspecified atom stereocenters. The summed E-state index contributed by atoms with van der Waals surface area (Å²) in [4.78, 5) is 25.0. The Balaban J connectivity index is 1.68. The number of rotatable bonds is 6. The molecule has 0 fully saturated rings. The van der Waals surface area contributed by atoms with Gasteiger partial charge in [-0.25, -0.2) is 9.07 Å². The van der Waals surface area contributed by atoms with Gasteiger partial charge >= 0.3 is 0 Å². The number of carbonyl (C=O) groups is 1. The third kappa shape index (κ3) is 4.42. The number of hydrogen-bond acceptors (Lipinski definition) is 2. The number of carbonyl (C=O) groups excluding carboxylic acids is 1. The molecule has 0 radical (unpaired) electrons. The molecule has 1 aromatic heterocycles. The highest BCUT2D eigenvalue weighted by atomic mass is 79.9. The van der Waals surface area contributed by atoms with Crippen LogP contribution in [0, 0.1) is 12.7 Å². The molecule has 1 atom stereocenters. The van der Waals surface area contributed by atoms with Gasteiger partial charge in [0, 0.05) is 22.2 Å². The van der Waals surface area contributed by atoms with Crippen LogP contribution in [0.3, 0.4) is 0 Å². The summed E-state index contributed by atoms with van der Waals surface area (Å²) in [6, 6.07) is 13.2. The zero-order valence-corrected chi connectivity index (χ0v) is 17.2. The van der Waals surface area contributed by atoms with Crippen LogP contribution in [0.25, 0.3) is 5.69 Å². The van der Waals surface area contributed by atoms with E-state index < -0.39 is 0 Å². The molecule has 0 saturated heterocycles. The summed E-state index contributed by atoms with van der Waals surface area (Å²) in [7, 11) is 0. The molecule has 5 nitrogen and oxygen atoms in total. The third-order valence-corrected chi connectivity index (χ3v) is 5.35. The fourth-order valence-electron chi connectivity index (χ4n) is 3.10. The zero-order chi connectivity index (χ0) is 20.3. The fourth-order valence-corrected chi connectivity index (χ4v) is 3.73. The lowest BCUT2D eigenvalue weighted by atomic mass is 10.1. The van der Waals surface area contributed by atoms with Crippen molar-refractivity contribution in [2.45, 2.75) is 32.7 Å². The molecule has 0 saturated carbocycles. The molecule has 2 aromatic carbocycles. The summed E-state index contributed by atoms with van der Waals surface area (Å²) in [6.45, 7) is 3.71. The van der Waals surface area contributed by atoms with Crippen LogP contribution < -0.4 is 10.9 Å². The number of aromatic amines is 1. The predicted octanol–water partition coefficient (Wildman–Crippen LogP) is 4.19. The first-order valence-corrected chi connectivity index (χ1v) is 9.76. The Bertz CT molecular complexity index is 1040. The van der Waals surface area contributed by atoms with E-state index in [0.717, 1.165) is 10.0 Å². The Kier molecular flexibility index (Phi) is 6.14. The van der Waals surface area contributed by atoms with E-state index in [9.17, 15) is 14.0 Å². The highest BCUT2D eigenvalue weighted by Crippen LogP contribution is 2.22. The standard InChI is InChI=1S/C21H21BrFN3O2/c1-13(17-5-3-4-6-19(17)22)24-20(27)12-11-18-14(2)25-26(21(18)28)16-9-7-15(23)8-10-16/h3-10,13,25H,11-12H2,1-2H3,(H,24,27)/t13-/m1/s1. The van der Waals surface area contributed by atoms with E-state index in [2.05, 4.69) is 26.3 Å². The normalized spacial score (nSPS) is 12.0. The van der Waals surface area contributed by atoms with Gasteiger partial charge in [0.15, 0.2) is 0 Å². The minimum Gasteiger partial charge on any atom is -0.350 e. The van der Waals surface area contributed by atoms with Gasteiger partial charge in [0.1, 0.15) is 5.82 Å². The minimum absolute atomic E-state index is 0.128. The first kappa shape index (κ1) is 20.1. The molecule has 0 aliphatic carbocycles. The Labute approximate surface area is 170 Å². The number of H-pyrrole nitrogens is 1. The van der Waals surface area contributed by atoms with Gasteiger partial charge in [-0.2, -0.15) is 0 Å². The topological polar surface area (TPSA) is 66.9 Å². The SMILES string of the molecule is Cc1[nH]n(-c2ccc(F)cc2)c(=O)c1CCC(=O)N[C@H](C)c1ccccc1Br. The largest absolute Gasteiger partial charge is 0.350 e. The summed E-state index contributed by atoms with van der Waals surface area (Å²) in [5, 5.41) is 5.95. The van der Waals surface area contributed by atoms with Crippen LogP contribution in [0.2, 0.25) is 0 Å². The second kappa shape index (κ2) is 8.56. The van der Waals surface area contributed by atoms with Gasteiger partial charge < -0.3 is 5.32 Å². The van der Waals surface area contributed by atoms with Crippen LogP contribution in [0.1, 0.15) is 36.2 Å². The highest BCUT2D eigenvalue weighted by molar-refractivity contribution is 9.10. The van der Waals surface area contributed by atoms with Crippen molar-refractivity contribution in [2.24, 2.45) is 0 Å². The number of halogens is 2. The number of amides is 1. The predicted molar refractivity (Wildman–Crippen MR) is 110 cm³/mol. The first-order chi connectivity index (χ1) is 13.4. The van der Waals surface area contributed by atoms with Crippen molar-refractivity contribution in [1.29, 1.82) is 0 Å². The van der Waals surface area contributed by atoms with E-state index in [4.69, 9.17) is 0 Å². The number of aromatic nitrogens is 2. The highest BCUT2D eigenvalue weighted by Gasteiger charge is 2.16. The number of nitrogens with one attached hydrogen (secondary N) is 2. The van der Waals surface area contributed by atoms with Crippen molar-refractivity contribution in [3.05, 3.63) is 86.0 Å². The quantitative estimate of drug-likeness (QED) is 0.597. The second-order valence-electron chi connectivity index (χ2n) is 6.64. The van der Waals surface area contributed by atoms with Gasteiger partial charge in [-0.05, 0) is 56.2 Å². The number of nitrogens with zero attached hydrogens (tertiary/aromatic N) is 1. The summed E-state index contributed by atoms with van der Waals surface area (Å²) >= 11 is 3.49. The smallest absolute Gasteiger partial charge is 0.274 e. The number of benzene rings is 2. The van der Waals surface area contributed by atoms with E-state index >= 15 is 0 Å². The van der Waals surface area contributed by atoms with Gasteiger partial charge in [-0.3, -0.25) is 14.7 Å². The van der Waals surface area contributed by atoms with Crippen molar-refractivity contribution >= 4 is 21.8 Å². The van der Waals surface area contributed by atoms with Gasteiger partial charge in [0.25, 0.3) is 5.56 Å². The van der Waals surface area contributed by atoms with Crippen molar-refractivity contribution in [1.82, 2.24) is 15.1 Å². The summed E-state index contributed by atoms with van der Waals surface area (Å²) in [5.74, 6) is -0.493. The zero-order valence-electron chi connectivity index (χ0n) is 15.6. The van der Waals surface area contributed by atoms with Crippen LogP contribution in [-0.2, 0) is 11.2 Å². The summed E-state index contributed by atoms with van der Waals surface area (Å²) < 4.78 is 15.4. The Morgan fingerprint density at radius 1 is 1.21 bits per heavy atom. The monoisotopic (exact) mass is 445 g/mol. The molecule has 2 N–H and O–H groups in total. The molecular weight excluding hydrogens is 425 g/mol. The van der Waals surface area contributed by atoms with Crippen LogP contribution in [0.5, 0.6) is 0 Å². The maximum Gasteiger partial charge on any atom is 0.274 e. The molecular formula is C21H21BrFN3O2. The molecule has 28 heavy (non-hydrogen) atoms. The Morgan fingerprint density at radius 3 is 2.57 bits per heavy atom. The molecule has 1 amide bonds.